The number of anilines is 4. The summed E-state index contributed by atoms with van der Waals surface area (Å²) in [6.45, 7) is 1.42. The molecule has 0 saturated carbocycles. The summed E-state index contributed by atoms with van der Waals surface area (Å²) in [6, 6.07) is 12.9. The second-order valence-corrected chi connectivity index (χ2v) is 5.77. The van der Waals surface area contributed by atoms with Gasteiger partial charge < -0.3 is 16.0 Å². The molecule has 0 spiro atoms. The second kappa shape index (κ2) is 8.21. The van der Waals surface area contributed by atoms with Gasteiger partial charge in [-0.2, -0.15) is 0 Å². The third-order valence-electron chi connectivity index (χ3n) is 3.54. The first-order valence-electron chi connectivity index (χ1n) is 8.15. The van der Waals surface area contributed by atoms with Gasteiger partial charge in [-0.3, -0.25) is 9.59 Å². The van der Waals surface area contributed by atoms with E-state index in [9.17, 15) is 18.4 Å². The summed E-state index contributed by atoms with van der Waals surface area (Å²) in [5.41, 5.74) is 1.26. The van der Waals surface area contributed by atoms with Crippen molar-refractivity contribution < 1.29 is 18.4 Å². The molecule has 1 heterocycles. The van der Waals surface area contributed by atoms with Gasteiger partial charge in [-0.15, -0.1) is 10.2 Å². The van der Waals surface area contributed by atoms with Crippen LogP contribution in [0.1, 0.15) is 17.3 Å². The highest BCUT2D eigenvalue weighted by atomic mass is 19.2. The zero-order valence-electron chi connectivity index (χ0n) is 14.7. The first kappa shape index (κ1) is 18.9. The van der Waals surface area contributed by atoms with Gasteiger partial charge in [0.1, 0.15) is 0 Å². The average Bonchev–Trinajstić information content (AvgIpc) is 2.65. The molecule has 0 aliphatic carbocycles. The highest BCUT2D eigenvalue weighted by Crippen LogP contribution is 2.19. The summed E-state index contributed by atoms with van der Waals surface area (Å²) in [6.07, 6.45) is 0. The summed E-state index contributed by atoms with van der Waals surface area (Å²) in [7, 11) is 0. The molecule has 0 fully saturated rings. The van der Waals surface area contributed by atoms with Crippen LogP contribution in [0.4, 0.5) is 31.8 Å². The van der Waals surface area contributed by atoms with E-state index in [2.05, 4.69) is 26.1 Å². The van der Waals surface area contributed by atoms with Crippen LogP contribution in [0, 0.1) is 11.6 Å². The van der Waals surface area contributed by atoms with Crippen molar-refractivity contribution in [1.82, 2.24) is 10.2 Å². The van der Waals surface area contributed by atoms with Crippen LogP contribution in [0.15, 0.2) is 54.6 Å². The molecule has 28 heavy (non-hydrogen) atoms. The smallest absolute Gasteiger partial charge is 0.256 e. The SMILES string of the molecule is CC(=O)Nc1cccc(Nc2ccc(NC(=O)c3ccc(F)c(F)c3)nn2)c1. The molecule has 9 heteroatoms. The number of amides is 2. The molecule has 2 amide bonds. The van der Waals surface area contributed by atoms with Crippen molar-refractivity contribution in [3.05, 3.63) is 71.8 Å². The Bertz CT molecular complexity index is 1030. The van der Waals surface area contributed by atoms with Gasteiger partial charge in [-0.05, 0) is 48.5 Å². The molecule has 3 N–H and O–H groups in total. The summed E-state index contributed by atoms with van der Waals surface area (Å²) in [4.78, 5) is 23.2. The number of carbonyl (C=O) groups is 2. The van der Waals surface area contributed by atoms with Crippen LogP contribution in [0.2, 0.25) is 0 Å². The van der Waals surface area contributed by atoms with E-state index in [1.807, 2.05) is 0 Å². The van der Waals surface area contributed by atoms with E-state index in [1.54, 1.807) is 30.3 Å². The first-order chi connectivity index (χ1) is 13.4. The lowest BCUT2D eigenvalue weighted by atomic mass is 10.2. The van der Waals surface area contributed by atoms with Crippen molar-refractivity contribution in [2.75, 3.05) is 16.0 Å². The number of nitrogens with zero attached hydrogens (tertiary/aromatic N) is 2. The Kier molecular flexibility index (Phi) is 5.54. The van der Waals surface area contributed by atoms with Crippen LogP contribution < -0.4 is 16.0 Å². The van der Waals surface area contributed by atoms with Gasteiger partial charge in [0.2, 0.25) is 5.91 Å². The fourth-order valence-corrected chi connectivity index (χ4v) is 2.32. The third kappa shape index (κ3) is 4.85. The van der Waals surface area contributed by atoms with E-state index in [1.165, 1.54) is 19.1 Å². The van der Waals surface area contributed by atoms with E-state index in [0.29, 0.717) is 17.2 Å². The molecule has 0 atom stereocenters. The van der Waals surface area contributed by atoms with E-state index in [0.717, 1.165) is 12.1 Å². The fourth-order valence-electron chi connectivity index (χ4n) is 2.32. The minimum atomic E-state index is -1.11. The highest BCUT2D eigenvalue weighted by molar-refractivity contribution is 6.03. The van der Waals surface area contributed by atoms with Crippen LogP contribution in [0.5, 0.6) is 0 Å². The number of hydrogen-bond acceptors (Lipinski definition) is 5. The topological polar surface area (TPSA) is 96.0 Å². The fraction of sp³-hybridized carbons (Fsp3) is 0.0526. The van der Waals surface area contributed by atoms with Crippen LogP contribution in [-0.2, 0) is 4.79 Å². The number of rotatable bonds is 5. The summed E-state index contributed by atoms with van der Waals surface area (Å²) < 4.78 is 26.2. The van der Waals surface area contributed by atoms with Gasteiger partial charge in [0.05, 0.1) is 0 Å². The van der Waals surface area contributed by atoms with Gasteiger partial charge in [0, 0.05) is 23.9 Å². The third-order valence-corrected chi connectivity index (χ3v) is 3.54. The van der Waals surface area contributed by atoms with Gasteiger partial charge in [0.15, 0.2) is 23.3 Å². The Labute approximate surface area is 158 Å². The van der Waals surface area contributed by atoms with Crippen molar-refractivity contribution in [2.24, 2.45) is 0 Å². The molecule has 3 aromatic rings. The first-order valence-corrected chi connectivity index (χ1v) is 8.15. The van der Waals surface area contributed by atoms with Crippen LogP contribution in [0.3, 0.4) is 0 Å². The normalized spacial score (nSPS) is 10.2. The number of halogens is 2. The second-order valence-electron chi connectivity index (χ2n) is 5.77. The lowest BCUT2D eigenvalue weighted by Gasteiger charge is -2.09. The lowest BCUT2D eigenvalue weighted by Crippen LogP contribution is -2.14. The van der Waals surface area contributed by atoms with Crippen LogP contribution >= 0.6 is 0 Å². The van der Waals surface area contributed by atoms with Crippen LogP contribution in [0.25, 0.3) is 0 Å². The Morgan fingerprint density at radius 2 is 1.54 bits per heavy atom. The maximum atomic E-state index is 13.2. The van der Waals surface area contributed by atoms with Crippen molar-refractivity contribution >= 4 is 34.8 Å². The molecule has 0 aliphatic rings. The van der Waals surface area contributed by atoms with Gasteiger partial charge >= 0.3 is 0 Å². The van der Waals surface area contributed by atoms with Crippen molar-refractivity contribution in [2.45, 2.75) is 6.92 Å². The monoisotopic (exact) mass is 383 g/mol. The molecule has 0 saturated heterocycles. The summed E-state index contributed by atoms with van der Waals surface area (Å²) in [5, 5.41) is 16.0. The average molecular weight is 383 g/mol. The Balaban J connectivity index is 1.65. The van der Waals surface area contributed by atoms with E-state index < -0.39 is 17.5 Å². The Morgan fingerprint density at radius 3 is 2.21 bits per heavy atom. The highest BCUT2D eigenvalue weighted by Gasteiger charge is 2.11. The minimum Gasteiger partial charge on any atom is -0.339 e. The zero-order valence-corrected chi connectivity index (χ0v) is 14.7. The summed E-state index contributed by atoms with van der Waals surface area (Å²) in [5.74, 6) is -2.41. The quantitative estimate of drug-likeness (QED) is 0.624. The van der Waals surface area contributed by atoms with E-state index in [-0.39, 0.29) is 17.3 Å². The Morgan fingerprint density at radius 1 is 0.821 bits per heavy atom. The predicted molar refractivity (Wildman–Crippen MR) is 100 cm³/mol. The standard InChI is InChI=1S/C19H15F2N5O2/c1-11(27)22-13-3-2-4-14(10-13)23-17-7-8-18(26-25-17)24-19(28)12-5-6-15(20)16(21)9-12/h2-10H,1H3,(H,22,27)(H,23,25)(H,24,26,28). The van der Waals surface area contributed by atoms with Gasteiger partial charge in [0.25, 0.3) is 5.91 Å². The number of benzene rings is 2. The van der Waals surface area contributed by atoms with E-state index in [4.69, 9.17) is 0 Å². The number of aromatic nitrogens is 2. The molecule has 2 aromatic carbocycles. The van der Waals surface area contributed by atoms with Gasteiger partial charge in [-0.1, -0.05) is 6.07 Å². The molecule has 3 rings (SSSR count). The molecular formula is C19H15F2N5O2. The number of hydrogen-bond donors (Lipinski definition) is 3. The van der Waals surface area contributed by atoms with Crippen molar-refractivity contribution in [1.29, 1.82) is 0 Å². The predicted octanol–water partition coefficient (Wildman–Crippen LogP) is 3.71. The van der Waals surface area contributed by atoms with Crippen LogP contribution in [-0.4, -0.2) is 22.0 Å². The minimum absolute atomic E-state index is 0.0438. The molecular weight excluding hydrogens is 368 g/mol. The number of carbonyl (C=O) groups excluding carboxylic acids is 2. The summed E-state index contributed by atoms with van der Waals surface area (Å²) >= 11 is 0. The molecule has 0 bridgehead atoms. The molecule has 7 nitrogen and oxygen atoms in total. The Hall–Kier alpha value is -3.88. The van der Waals surface area contributed by atoms with Gasteiger partial charge in [-0.25, -0.2) is 8.78 Å². The maximum Gasteiger partial charge on any atom is 0.256 e. The number of nitrogens with one attached hydrogen (secondary N) is 3. The molecule has 1 aromatic heterocycles. The maximum absolute atomic E-state index is 13.2. The zero-order chi connectivity index (χ0) is 20.1. The van der Waals surface area contributed by atoms with Crippen molar-refractivity contribution in [3.63, 3.8) is 0 Å². The molecule has 142 valence electrons. The largest absolute Gasteiger partial charge is 0.339 e. The molecule has 0 unspecified atom stereocenters. The lowest BCUT2D eigenvalue weighted by molar-refractivity contribution is -0.114. The molecule has 0 radical (unpaired) electrons. The molecule has 0 aliphatic heterocycles. The van der Waals surface area contributed by atoms with Crippen molar-refractivity contribution in [3.8, 4) is 0 Å². The van der Waals surface area contributed by atoms with E-state index >= 15 is 0 Å².